The Balaban J connectivity index is 1.59. The van der Waals surface area contributed by atoms with E-state index in [1.54, 1.807) is 41.7 Å². The van der Waals surface area contributed by atoms with Gasteiger partial charge in [0.15, 0.2) is 0 Å². The molecule has 0 fully saturated rings. The number of hydrogen-bond acceptors (Lipinski definition) is 8. The number of likely N-dealkylation sites (N-methyl/N-ethyl adjacent to an activating group) is 1. The standard InChI is InChI=1S/C30H28FN3O5S/c1-17-6-7-18(31)12-24(17)38-15-22-20(10-11-23-27(22)34(4)29(36)30(2,3)33-23)21-9-8-19(13-25(21)37-5)39-28(35)26-14-32-16-40-26/h6-14,16,33H,15H2,1-5H3. The molecule has 4 aromatic rings. The van der Waals surface area contributed by atoms with Gasteiger partial charge in [-0.05, 0) is 56.2 Å². The molecule has 1 aliphatic rings. The predicted octanol–water partition coefficient (Wildman–Crippen LogP) is 6.23. The fraction of sp³-hybridized carbons (Fsp3) is 0.233. The minimum absolute atomic E-state index is 0.0494. The van der Waals surface area contributed by atoms with E-state index in [2.05, 4.69) is 10.3 Å². The molecule has 1 aromatic heterocycles. The van der Waals surface area contributed by atoms with Crippen molar-refractivity contribution in [1.82, 2.24) is 4.98 Å². The van der Waals surface area contributed by atoms with E-state index in [9.17, 15) is 14.0 Å². The largest absolute Gasteiger partial charge is 0.496 e. The summed E-state index contributed by atoms with van der Waals surface area (Å²) in [5, 5.41) is 3.33. The molecule has 0 radical (unpaired) electrons. The van der Waals surface area contributed by atoms with Gasteiger partial charge in [-0.1, -0.05) is 12.1 Å². The second kappa shape index (κ2) is 10.6. The average molecular weight is 562 g/mol. The maximum absolute atomic E-state index is 14.0. The molecule has 8 nitrogen and oxygen atoms in total. The van der Waals surface area contributed by atoms with Gasteiger partial charge in [0.1, 0.15) is 40.1 Å². The van der Waals surface area contributed by atoms with Crippen LogP contribution in [0.15, 0.2) is 60.2 Å². The third-order valence-corrected chi connectivity index (χ3v) is 7.49. The lowest BCUT2D eigenvalue weighted by molar-refractivity contribution is -0.121. The SMILES string of the molecule is COc1cc(OC(=O)c2cncs2)ccc1-c1ccc2c(c1COc1cc(F)ccc1C)N(C)C(=O)C(C)(C)N2. The van der Waals surface area contributed by atoms with Gasteiger partial charge in [-0.3, -0.25) is 9.78 Å². The van der Waals surface area contributed by atoms with Crippen molar-refractivity contribution < 1.29 is 28.2 Å². The number of rotatable bonds is 7. The van der Waals surface area contributed by atoms with Crippen LogP contribution in [0.25, 0.3) is 11.1 Å². The van der Waals surface area contributed by atoms with Gasteiger partial charge in [-0.15, -0.1) is 11.3 Å². The van der Waals surface area contributed by atoms with Crippen LogP contribution in [0.2, 0.25) is 0 Å². The van der Waals surface area contributed by atoms with Crippen LogP contribution in [0.4, 0.5) is 15.8 Å². The number of halogens is 1. The molecular weight excluding hydrogens is 533 g/mol. The van der Waals surface area contributed by atoms with Gasteiger partial charge in [-0.2, -0.15) is 0 Å². The van der Waals surface area contributed by atoms with Crippen LogP contribution in [0.5, 0.6) is 17.2 Å². The van der Waals surface area contributed by atoms with Gasteiger partial charge >= 0.3 is 5.97 Å². The van der Waals surface area contributed by atoms with Crippen LogP contribution < -0.4 is 24.4 Å². The second-order valence-electron chi connectivity index (χ2n) is 9.92. The van der Waals surface area contributed by atoms with Crippen molar-refractivity contribution >= 4 is 34.6 Å². The lowest BCUT2D eigenvalue weighted by Gasteiger charge is -2.39. The zero-order valence-electron chi connectivity index (χ0n) is 22.7. The first-order valence-electron chi connectivity index (χ1n) is 12.5. The quantitative estimate of drug-likeness (QED) is 0.211. The molecule has 2 heterocycles. The summed E-state index contributed by atoms with van der Waals surface area (Å²) in [7, 11) is 3.25. The Hall–Kier alpha value is -4.44. The number of amides is 1. The van der Waals surface area contributed by atoms with E-state index in [0.717, 1.165) is 16.8 Å². The molecule has 3 aromatic carbocycles. The Labute approximate surface area is 235 Å². The molecule has 206 valence electrons. The van der Waals surface area contributed by atoms with E-state index in [-0.39, 0.29) is 12.5 Å². The van der Waals surface area contributed by atoms with Gasteiger partial charge in [0.2, 0.25) is 0 Å². The molecule has 1 N–H and O–H groups in total. The zero-order chi connectivity index (χ0) is 28.6. The van der Waals surface area contributed by atoms with E-state index in [1.807, 2.05) is 32.9 Å². The molecular formula is C30H28FN3O5S. The Kier molecular flexibility index (Phi) is 7.20. The van der Waals surface area contributed by atoms with Gasteiger partial charge in [-0.25, -0.2) is 9.18 Å². The Morgan fingerprint density at radius 3 is 2.60 bits per heavy atom. The highest BCUT2D eigenvalue weighted by atomic mass is 32.1. The van der Waals surface area contributed by atoms with Gasteiger partial charge in [0.05, 0.1) is 30.2 Å². The highest BCUT2D eigenvalue weighted by Gasteiger charge is 2.38. The highest BCUT2D eigenvalue weighted by molar-refractivity contribution is 7.11. The molecule has 1 amide bonds. The number of ether oxygens (including phenoxy) is 3. The van der Waals surface area contributed by atoms with Crippen molar-refractivity contribution in [1.29, 1.82) is 0 Å². The van der Waals surface area contributed by atoms with Crippen molar-refractivity contribution in [3.05, 3.63) is 82.1 Å². The van der Waals surface area contributed by atoms with Crippen LogP contribution in [-0.2, 0) is 11.4 Å². The molecule has 1 aliphatic heterocycles. The first kappa shape index (κ1) is 27.1. The summed E-state index contributed by atoms with van der Waals surface area (Å²) < 4.78 is 31.4. The summed E-state index contributed by atoms with van der Waals surface area (Å²) in [5.41, 5.74) is 5.09. The third kappa shape index (κ3) is 5.10. The molecule has 0 atom stereocenters. The van der Waals surface area contributed by atoms with E-state index in [1.165, 1.54) is 36.8 Å². The number of aryl methyl sites for hydroxylation is 1. The summed E-state index contributed by atoms with van der Waals surface area (Å²) in [5.74, 6) is 0.129. The van der Waals surface area contributed by atoms with E-state index in [0.29, 0.717) is 38.9 Å². The van der Waals surface area contributed by atoms with Crippen LogP contribution >= 0.6 is 11.3 Å². The number of esters is 1. The van der Waals surface area contributed by atoms with Gasteiger partial charge < -0.3 is 24.4 Å². The normalized spacial score (nSPS) is 13.8. The number of fused-ring (bicyclic) bond motifs is 1. The number of nitrogens with one attached hydrogen (secondary N) is 1. The van der Waals surface area contributed by atoms with Crippen LogP contribution in [0.3, 0.4) is 0 Å². The molecule has 0 bridgehead atoms. The van der Waals surface area contributed by atoms with Crippen LogP contribution in [0.1, 0.15) is 34.6 Å². The molecule has 0 saturated carbocycles. The zero-order valence-corrected chi connectivity index (χ0v) is 23.5. The molecule has 40 heavy (non-hydrogen) atoms. The summed E-state index contributed by atoms with van der Waals surface area (Å²) in [6.45, 7) is 5.54. The van der Waals surface area contributed by atoms with Gasteiger partial charge in [0.25, 0.3) is 5.91 Å². The minimum atomic E-state index is -0.804. The van der Waals surface area contributed by atoms with E-state index in [4.69, 9.17) is 14.2 Å². The van der Waals surface area contributed by atoms with E-state index >= 15 is 0 Å². The topological polar surface area (TPSA) is 90.0 Å². The maximum Gasteiger partial charge on any atom is 0.355 e. The van der Waals surface area contributed by atoms with Crippen molar-refractivity contribution in [2.45, 2.75) is 32.9 Å². The molecule has 0 unspecified atom stereocenters. The monoisotopic (exact) mass is 561 g/mol. The average Bonchev–Trinajstić information content (AvgIpc) is 3.47. The van der Waals surface area contributed by atoms with Crippen molar-refractivity contribution in [3.8, 4) is 28.4 Å². The van der Waals surface area contributed by atoms with Crippen LogP contribution in [-0.4, -0.2) is 36.6 Å². The lowest BCUT2D eigenvalue weighted by Crippen LogP contribution is -2.52. The number of nitrogens with zero attached hydrogens (tertiary/aromatic N) is 2. The molecule has 5 rings (SSSR count). The Morgan fingerprint density at radius 2 is 1.88 bits per heavy atom. The number of carbonyl (C=O) groups excluding carboxylic acids is 2. The number of anilines is 2. The Morgan fingerprint density at radius 1 is 1.10 bits per heavy atom. The molecule has 0 aliphatic carbocycles. The third-order valence-electron chi connectivity index (χ3n) is 6.73. The minimum Gasteiger partial charge on any atom is -0.496 e. The number of hydrogen-bond donors (Lipinski definition) is 1. The summed E-state index contributed by atoms with van der Waals surface area (Å²) in [6, 6.07) is 13.3. The first-order chi connectivity index (χ1) is 19.1. The number of methoxy groups -OCH3 is 1. The van der Waals surface area contributed by atoms with Crippen molar-refractivity contribution in [3.63, 3.8) is 0 Å². The molecule has 0 spiro atoms. The Bertz CT molecular complexity index is 1600. The lowest BCUT2D eigenvalue weighted by atomic mass is 9.91. The summed E-state index contributed by atoms with van der Waals surface area (Å²) >= 11 is 1.19. The summed E-state index contributed by atoms with van der Waals surface area (Å²) in [4.78, 5) is 31.6. The van der Waals surface area contributed by atoms with Gasteiger partial charge in [0, 0.05) is 30.3 Å². The first-order valence-corrected chi connectivity index (χ1v) is 13.4. The predicted molar refractivity (Wildman–Crippen MR) is 152 cm³/mol. The maximum atomic E-state index is 14.0. The molecule has 10 heteroatoms. The number of benzene rings is 3. The number of thiazole rings is 1. The van der Waals surface area contributed by atoms with Crippen LogP contribution in [0, 0.1) is 12.7 Å². The second-order valence-corrected chi connectivity index (χ2v) is 10.8. The smallest absolute Gasteiger partial charge is 0.355 e. The van der Waals surface area contributed by atoms with E-state index < -0.39 is 17.3 Å². The fourth-order valence-corrected chi connectivity index (χ4v) is 5.24. The number of aromatic nitrogens is 1. The fourth-order valence-electron chi connectivity index (χ4n) is 4.74. The number of carbonyl (C=O) groups is 2. The molecule has 0 saturated heterocycles. The van der Waals surface area contributed by atoms with Crippen molar-refractivity contribution in [2.24, 2.45) is 0 Å². The summed E-state index contributed by atoms with van der Waals surface area (Å²) in [6.07, 6.45) is 1.45. The van der Waals surface area contributed by atoms with Crippen molar-refractivity contribution in [2.75, 3.05) is 24.4 Å². The highest BCUT2D eigenvalue weighted by Crippen LogP contribution is 2.45.